The van der Waals surface area contributed by atoms with Crippen molar-refractivity contribution in [2.45, 2.75) is 38.6 Å². The molecule has 2 amide bonds. The number of para-hydroxylation sites is 2. The minimum atomic E-state index is -0.483. The van der Waals surface area contributed by atoms with Crippen molar-refractivity contribution in [3.63, 3.8) is 0 Å². The smallest absolute Gasteiger partial charge is 0.319 e. The molecule has 2 aromatic carbocycles. The minimum Gasteiger partial charge on any atom is -0.377 e. The van der Waals surface area contributed by atoms with Crippen molar-refractivity contribution in [1.29, 1.82) is 0 Å². The van der Waals surface area contributed by atoms with Gasteiger partial charge in [0.2, 0.25) is 0 Å². The molecule has 3 N–H and O–H groups in total. The number of amides is 2. The zero-order valence-corrected chi connectivity index (χ0v) is 20.4. The number of nitro groups is 1. The number of nitrogens with one attached hydrogen (secondary N) is 3. The van der Waals surface area contributed by atoms with Gasteiger partial charge in [-0.2, -0.15) is 0 Å². The van der Waals surface area contributed by atoms with Crippen LogP contribution in [0.2, 0.25) is 0 Å². The second-order valence-electron chi connectivity index (χ2n) is 9.36. The first-order chi connectivity index (χ1) is 16.8. The van der Waals surface area contributed by atoms with E-state index in [2.05, 4.69) is 33.0 Å². The number of benzene rings is 2. The summed E-state index contributed by atoms with van der Waals surface area (Å²) >= 11 is 0. The number of fused-ring (bicyclic) bond motifs is 1. The molecular weight excluding hydrogens is 444 g/mol. The van der Waals surface area contributed by atoms with Gasteiger partial charge in [0, 0.05) is 49.9 Å². The number of anilines is 3. The minimum absolute atomic E-state index is 0.105. The zero-order valence-electron chi connectivity index (χ0n) is 20.4. The van der Waals surface area contributed by atoms with Gasteiger partial charge in [-0.05, 0) is 50.2 Å². The number of urea groups is 1. The molecule has 184 valence electrons. The van der Waals surface area contributed by atoms with Crippen molar-refractivity contribution in [1.82, 2.24) is 10.3 Å². The fourth-order valence-electron chi connectivity index (χ4n) is 4.68. The SMILES string of the molecule is Cc1cccc([N+](=O)[O-])c1NC(=O)NCC1CCC(Nc2cc(N(C)C)c3ccccc3n2)CC1. The Morgan fingerprint density at radius 2 is 1.86 bits per heavy atom. The Hall–Kier alpha value is -3.88. The van der Waals surface area contributed by atoms with Gasteiger partial charge in [-0.1, -0.05) is 30.3 Å². The Kier molecular flexibility index (Phi) is 7.33. The summed E-state index contributed by atoms with van der Waals surface area (Å²) in [6.45, 7) is 2.28. The van der Waals surface area contributed by atoms with Gasteiger partial charge in [0.25, 0.3) is 5.69 Å². The van der Waals surface area contributed by atoms with E-state index in [0.29, 0.717) is 24.1 Å². The molecule has 1 aliphatic carbocycles. The topological polar surface area (TPSA) is 112 Å². The van der Waals surface area contributed by atoms with E-state index in [1.54, 1.807) is 19.1 Å². The molecule has 4 rings (SSSR count). The van der Waals surface area contributed by atoms with E-state index in [1.165, 1.54) is 6.07 Å². The summed E-state index contributed by atoms with van der Waals surface area (Å²) in [5.74, 6) is 1.25. The van der Waals surface area contributed by atoms with E-state index in [1.807, 2.05) is 32.3 Å². The maximum Gasteiger partial charge on any atom is 0.319 e. The molecule has 0 bridgehead atoms. The Bertz CT molecular complexity index is 1220. The zero-order chi connectivity index (χ0) is 24.9. The van der Waals surface area contributed by atoms with E-state index in [4.69, 9.17) is 4.98 Å². The molecule has 1 aliphatic rings. The molecule has 1 aromatic heterocycles. The van der Waals surface area contributed by atoms with E-state index >= 15 is 0 Å². The molecule has 0 atom stereocenters. The standard InChI is InChI=1S/C26H32N6O3/c1-17-7-6-10-22(32(34)35)25(17)30-26(33)27-16-18-11-13-19(14-12-18)28-24-15-23(31(2)3)20-8-4-5-9-21(20)29-24/h4-10,15,18-19H,11-14,16H2,1-3H3,(H,28,29)(H2,27,30,33). The first-order valence-electron chi connectivity index (χ1n) is 11.9. The summed E-state index contributed by atoms with van der Waals surface area (Å²) in [5, 5.41) is 21.5. The molecule has 35 heavy (non-hydrogen) atoms. The monoisotopic (exact) mass is 476 g/mol. The third-order valence-electron chi connectivity index (χ3n) is 6.61. The lowest BCUT2D eigenvalue weighted by Crippen LogP contribution is -2.36. The first kappa shape index (κ1) is 24.3. The molecule has 9 heteroatoms. The quantitative estimate of drug-likeness (QED) is 0.315. The highest BCUT2D eigenvalue weighted by atomic mass is 16.6. The number of hydrogen-bond donors (Lipinski definition) is 3. The van der Waals surface area contributed by atoms with E-state index in [9.17, 15) is 14.9 Å². The summed E-state index contributed by atoms with van der Waals surface area (Å²) in [6, 6.07) is 14.9. The van der Waals surface area contributed by atoms with Crippen LogP contribution in [0.5, 0.6) is 0 Å². The maximum absolute atomic E-state index is 12.4. The van der Waals surface area contributed by atoms with Crippen molar-refractivity contribution in [2.24, 2.45) is 5.92 Å². The summed E-state index contributed by atoms with van der Waals surface area (Å²) in [7, 11) is 4.08. The normalized spacial score (nSPS) is 17.6. The van der Waals surface area contributed by atoms with Crippen LogP contribution < -0.4 is 20.9 Å². The molecular formula is C26H32N6O3. The fourth-order valence-corrected chi connectivity index (χ4v) is 4.68. The van der Waals surface area contributed by atoms with Crippen LogP contribution in [0, 0.1) is 23.0 Å². The van der Waals surface area contributed by atoms with Crippen LogP contribution >= 0.6 is 0 Å². The van der Waals surface area contributed by atoms with Crippen molar-refractivity contribution in [3.05, 3.63) is 64.2 Å². The van der Waals surface area contributed by atoms with Gasteiger partial charge in [0.1, 0.15) is 11.5 Å². The molecule has 3 aromatic rings. The van der Waals surface area contributed by atoms with Crippen LogP contribution in [0.15, 0.2) is 48.5 Å². The number of rotatable bonds is 7. The van der Waals surface area contributed by atoms with Gasteiger partial charge in [0.05, 0.1) is 10.4 Å². The molecule has 0 aliphatic heterocycles. The number of nitrogens with zero attached hydrogens (tertiary/aromatic N) is 3. The van der Waals surface area contributed by atoms with Crippen molar-refractivity contribution >= 4 is 39.8 Å². The van der Waals surface area contributed by atoms with Gasteiger partial charge in [-0.25, -0.2) is 9.78 Å². The number of hydrogen-bond acceptors (Lipinski definition) is 6. The highest BCUT2D eigenvalue weighted by Gasteiger charge is 2.23. The van der Waals surface area contributed by atoms with E-state index in [0.717, 1.165) is 48.1 Å². The van der Waals surface area contributed by atoms with Crippen LogP contribution in [0.3, 0.4) is 0 Å². The third kappa shape index (κ3) is 5.79. The van der Waals surface area contributed by atoms with Gasteiger partial charge >= 0.3 is 6.03 Å². The predicted molar refractivity (Wildman–Crippen MR) is 140 cm³/mol. The van der Waals surface area contributed by atoms with Crippen LogP contribution in [-0.2, 0) is 0 Å². The van der Waals surface area contributed by atoms with Crippen molar-refractivity contribution < 1.29 is 9.72 Å². The Balaban J connectivity index is 1.29. The molecule has 1 heterocycles. The maximum atomic E-state index is 12.4. The number of carbonyl (C=O) groups excluding carboxylic acids is 1. The summed E-state index contributed by atoms with van der Waals surface area (Å²) in [5.41, 5.74) is 2.89. The second-order valence-corrected chi connectivity index (χ2v) is 9.36. The average molecular weight is 477 g/mol. The summed E-state index contributed by atoms with van der Waals surface area (Å²) in [4.78, 5) is 30.1. The fraction of sp³-hybridized carbons (Fsp3) is 0.385. The Morgan fingerprint density at radius 1 is 1.11 bits per heavy atom. The molecule has 0 saturated heterocycles. The third-order valence-corrected chi connectivity index (χ3v) is 6.61. The van der Waals surface area contributed by atoms with Crippen LogP contribution in [-0.4, -0.2) is 42.6 Å². The molecule has 1 saturated carbocycles. The summed E-state index contributed by atoms with van der Waals surface area (Å²) in [6.07, 6.45) is 3.94. The van der Waals surface area contributed by atoms with Crippen LogP contribution in [0.4, 0.5) is 27.7 Å². The van der Waals surface area contributed by atoms with Gasteiger partial charge < -0.3 is 20.9 Å². The predicted octanol–water partition coefficient (Wildman–Crippen LogP) is 5.31. The molecule has 0 spiro atoms. The van der Waals surface area contributed by atoms with Gasteiger partial charge in [0.15, 0.2) is 0 Å². The number of carbonyl (C=O) groups is 1. The molecule has 0 unspecified atom stereocenters. The summed E-state index contributed by atoms with van der Waals surface area (Å²) < 4.78 is 0. The van der Waals surface area contributed by atoms with Crippen molar-refractivity contribution in [3.8, 4) is 0 Å². The second kappa shape index (κ2) is 10.6. The van der Waals surface area contributed by atoms with E-state index < -0.39 is 11.0 Å². The highest BCUT2D eigenvalue weighted by Crippen LogP contribution is 2.31. The van der Waals surface area contributed by atoms with Crippen LogP contribution in [0.1, 0.15) is 31.2 Å². The largest absolute Gasteiger partial charge is 0.377 e. The van der Waals surface area contributed by atoms with E-state index in [-0.39, 0.29) is 11.4 Å². The molecule has 0 radical (unpaired) electrons. The lowest BCUT2D eigenvalue weighted by molar-refractivity contribution is -0.383. The number of aryl methyl sites for hydroxylation is 1. The highest BCUT2D eigenvalue weighted by molar-refractivity contribution is 5.93. The molecule has 1 fully saturated rings. The first-order valence-corrected chi connectivity index (χ1v) is 11.9. The van der Waals surface area contributed by atoms with Gasteiger partial charge in [-0.3, -0.25) is 10.1 Å². The number of pyridine rings is 1. The number of aromatic nitrogens is 1. The van der Waals surface area contributed by atoms with Crippen LogP contribution in [0.25, 0.3) is 10.9 Å². The van der Waals surface area contributed by atoms with Gasteiger partial charge in [-0.15, -0.1) is 0 Å². The average Bonchev–Trinajstić information content (AvgIpc) is 2.84. The Morgan fingerprint density at radius 3 is 2.57 bits per heavy atom. The molecule has 9 nitrogen and oxygen atoms in total. The number of nitro benzene ring substituents is 1. The Labute approximate surface area is 205 Å². The lowest BCUT2D eigenvalue weighted by atomic mass is 9.86. The van der Waals surface area contributed by atoms with Crippen molar-refractivity contribution in [2.75, 3.05) is 36.2 Å². The lowest BCUT2D eigenvalue weighted by Gasteiger charge is -2.30.